The number of hydrogen-bond acceptors (Lipinski definition) is 4. The van der Waals surface area contributed by atoms with Crippen LogP contribution >= 0.6 is 34.8 Å². The van der Waals surface area contributed by atoms with Gasteiger partial charge < -0.3 is 19.3 Å². The van der Waals surface area contributed by atoms with Crippen molar-refractivity contribution in [2.75, 3.05) is 25.0 Å². The summed E-state index contributed by atoms with van der Waals surface area (Å²) >= 11 is 17.1. The molecule has 5 nitrogen and oxygen atoms in total. The van der Waals surface area contributed by atoms with E-state index in [-0.39, 0.29) is 5.75 Å². The van der Waals surface area contributed by atoms with Gasteiger partial charge in [0.05, 0.1) is 11.8 Å². The Bertz CT molecular complexity index is 695. The molecule has 0 saturated carbocycles. The van der Waals surface area contributed by atoms with Crippen molar-refractivity contribution in [3.8, 4) is 17.2 Å². The SMILES string of the molecule is O=C(O)C(Oc1cc(OCCCl)cc(OCCCl)c1)c1ccc(Cl)cc1. The lowest BCUT2D eigenvalue weighted by molar-refractivity contribution is -0.145. The molecule has 1 atom stereocenters. The molecular formula is C18H17Cl3O5. The topological polar surface area (TPSA) is 65.0 Å². The summed E-state index contributed by atoms with van der Waals surface area (Å²) in [6, 6.07) is 11.2. The van der Waals surface area contributed by atoms with Crippen LogP contribution in [0.1, 0.15) is 11.7 Å². The van der Waals surface area contributed by atoms with Crippen LogP contribution in [0.4, 0.5) is 0 Å². The Balaban J connectivity index is 2.28. The Kier molecular flexibility index (Phi) is 8.16. The van der Waals surface area contributed by atoms with Crippen molar-refractivity contribution in [1.29, 1.82) is 0 Å². The van der Waals surface area contributed by atoms with Gasteiger partial charge in [-0.25, -0.2) is 4.79 Å². The number of carboxylic acid groups (broad SMARTS) is 1. The monoisotopic (exact) mass is 418 g/mol. The fraction of sp³-hybridized carbons (Fsp3) is 0.278. The van der Waals surface area contributed by atoms with E-state index in [1.165, 1.54) is 0 Å². The van der Waals surface area contributed by atoms with Gasteiger partial charge in [-0.3, -0.25) is 0 Å². The van der Waals surface area contributed by atoms with Gasteiger partial charge in [0.15, 0.2) is 0 Å². The molecule has 8 heteroatoms. The molecule has 0 bridgehead atoms. The first kappa shape index (κ1) is 20.5. The lowest BCUT2D eigenvalue weighted by Gasteiger charge is -2.17. The molecule has 140 valence electrons. The molecule has 0 heterocycles. The minimum atomic E-state index is -1.21. The number of aliphatic carboxylic acids is 1. The molecule has 0 aliphatic carbocycles. The number of rotatable bonds is 10. The van der Waals surface area contributed by atoms with Crippen LogP contribution in [-0.2, 0) is 4.79 Å². The highest BCUT2D eigenvalue weighted by atomic mass is 35.5. The van der Waals surface area contributed by atoms with E-state index in [1.54, 1.807) is 42.5 Å². The Hall–Kier alpha value is -1.82. The van der Waals surface area contributed by atoms with Gasteiger partial charge in [-0.2, -0.15) is 0 Å². The third-order valence-corrected chi connectivity index (χ3v) is 3.76. The molecule has 0 aliphatic heterocycles. The summed E-state index contributed by atoms with van der Waals surface area (Å²) in [7, 11) is 0. The predicted molar refractivity (Wildman–Crippen MR) is 101 cm³/mol. The summed E-state index contributed by atoms with van der Waals surface area (Å²) in [5.74, 6) is 0.671. The van der Waals surface area contributed by atoms with Crippen molar-refractivity contribution in [3.63, 3.8) is 0 Å². The van der Waals surface area contributed by atoms with E-state index in [0.717, 1.165) is 0 Å². The van der Waals surface area contributed by atoms with Crippen molar-refractivity contribution in [2.24, 2.45) is 0 Å². The maximum Gasteiger partial charge on any atom is 0.349 e. The normalized spacial score (nSPS) is 11.7. The number of benzene rings is 2. The second kappa shape index (κ2) is 10.4. The zero-order valence-electron chi connectivity index (χ0n) is 13.7. The van der Waals surface area contributed by atoms with Gasteiger partial charge in [0, 0.05) is 28.8 Å². The minimum absolute atomic E-state index is 0.281. The number of carboxylic acids is 1. The van der Waals surface area contributed by atoms with Gasteiger partial charge in [0.1, 0.15) is 30.5 Å². The van der Waals surface area contributed by atoms with E-state index in [0.29, 0.717) is 47.1 Å². The van der Waals surface area contributed by atoms with Gasteiger partial charge >= 0.3 is 5.97 Å². The molecule has 2 aromatic carbocycles. The van der Waals surface area contributed by atoms with Crippen LogP contribution in [0.25, 0.3) is 0 Å². The van der Waals surface area contributed by atoms with Crippen LogP contribution in [0.15, 0.2) is 42.5 Å². The van der Waals surface area contributed by atoms with E-state index >= 15 is 0 Å². The fourth-order valence-electron chi connectivity index (χ4n) is 2.13. The average Bonchev–Trinajstić information content (AvgIpc) is 2.63. The molecule has 0 aliphatic rings. The highest BCUT2D eigenvalue weighted by Crippen LogP contribution is 2.31. The second-order valence-corrected chi connectivity index (χ2v) is 6.30. The summed E-state index contributed by atoms with van der Waals surface area (Å²) in [5.41, 5.74) is 0.456. The van der Waals surface area contributed by atoms with Gasteiger partial charge in [-0.1, -0.05) is 23.7 Å². The van der Waals surface area contributed by atoms with E-state index in [1.807, 2.05) is 0 Å². The number of hydrogen-bond donors (Lipinski definition) is 1. The van der Waals surface area contributed by atoms with Crippen LogP contribution < -0.4 is 14.2 Å². The lowest BCUT2D eigenvalue weighted by atomic mass is 10.1. The van der Waals surface area contributed by atoms with Gasteiger partial charge in [0.2, 0.25) is 6.10 Å². The quantitative estimate of drug-likeness (QED) is 0.561. The summed E-state index contributed by atoms with van der Waals surface area (Å²) < 4.78 is 16.7. The molecule has 0 spiro atoms. The smallest absolute Gasteiger partial charge is 0.349 e. The van der Waals surface area contributed by atoms with Crippen molar-refractivity contribution in [1.82, 2.24) is 0 Å². The fourth-order valence-corrected chi connectivity index (χ4v) is 2.41. The zero-order valence-corrected chi connectivity index (χ0v) is 15.9. The third kappa shape index (κ3) is 6.16. The Morgan fingerprint density at radius 3 is 1.88 bits per heavy atom. The van der Waals surface area contributed by atoms with E-state index in [2.05, 4.69) is 0 Å². The van der Waals surface area contributed by atoms with Crippen molar-refractivity contribution in [2.45, 2.75) is 6.10 Å². The highest BCUT2D eigenvalue weighted by molar-refractivity contribution is 6.30. The third-order valence-electron chi connectivity index (χ3n) is 3.20. The molecular weight excluding hydrogens is 403 g/mol. The molecule has 0 radical (unpaired) electrons. The standard InChI is InChI=1S/C18H17Cl3O5/c19-5-7-24-14-9-15(25-8-6-20)11-16(10-14)26-17(18(22)23)12-1-3-13(21)4-2-12/h1-4,9-11,17H,5-8H2,(H,22,23). The Labute approximate surface area is 166 Å². The van der Waals surface area contributed by atoms with Crippen LogP contribution in [0.2, 0.25) is 5.02 Å². The highest BCUT2D eigenvalue weighted by Gasteiger charge is 2.22. The molecule has 0 saturated heterocycles. The first-order chi connectivity index (χ1) is 12.5. The molecule has 2 aromatic rings. The van der Waals surface area contributed by atoms with Crippen molar-refractivity contribution in [3.05, 3.63) is 53.1 Å². The first-order valence-electron chi connectivity index (χ1n) is 7.71. The zero-order chi connectivity index (χ0) is 18.9. The minimum Gasteiger partial charge on any atom is -0.492 e. The van der Waals surface area contributed by atoms with Crippen LogP contribution in [0.5, 0.6) is 17.2 Å². The van der Waals surface area contributed by atoms with Gasteiger partial charge in [0.25, 0.3) is 0 Å². The van der Waals surface area contributed by atoms with Crippen molar-refractivity contribution < 1.29 is 24.1 Å². The molecule has 0 aromatic heterocycles. The maximum absolute atomic E-state index is 11.6. The summed E-state index contributed by atoms with van der Waals surface area (Å²) in [6.45, 7) is 0.582. The first-order valence-corrected chi connectivity index (χ1v) is 9.15. The second-order valence-electron chi connectivity index (χ2n) is 5.10. The predicted octanol–water partition coefficient (Wildman–Crippen LogP) is 4.78. The van der Waals surface area contributed by atoms with E-state index in [4.69, 9.17) is 49.0 Å². The lowest BCUT2D eigenvalue weighted by Crippen LogP contribution is -2.18. The molecule has 26 heavy (non-hydrogen) atoms. The largest absolute Gasteiger partial charge is 0.492 e. The Morgan fingerprint density at radius 2 is 1.42 bits per heavy atom. The molecule has 1 N–H and O–H groups in total. The van der Waals surface area contributed by atoms with E-state index in [9.17, 15) is 9.90 Å². The maximum atomic E-state index is 11.6. The molecule has 0 fully saturated rings. The van der Waals surface area contributed by atoms with Crippen LogP contribution in [0.3, 0.4) is 0 Å². The summed E-state index contributed by atoms with van der Waals surface area (Å²) in [5, 5.41) is 10.0. The molecule has 1 unspecified atom stereocenters. The average molecular weight is 420 g/mol. The van der Waals surface area contributed by atoms with Gasteiger partial charge in [-0.05, 0) is 12.1 Å². The van der Waals surface area contributed by atoms with Crippen LogP contribution in [0, 0.1) is 0 Å². The number of alkyl halides is 2. The summed E-state index contributed by atoms with van der Waals surface area (Å²) in [4.78, 5) is 11.6. The van der Waals surface area contributed by atoms with Crippen LogP contribution in [-0.4, -0.2) is 36.0 Å². The number of ether oxygens (including phenoxy) is 3. The van der Waals surface area contributed by atoms with E-state index < -0.39 is 12.1 Å². The molecule has 0 amide bonds. The Morgan fingerprint density at radius 1 is 0.923 bits per heavy atom. The van der Waals surface area contributed by atoms with Crippen molar-refractivity contribution >= 4 is 40.8 Å². The number of carbonyl (C=O) groups is 1. The number of halogens is 3. The molecule has 2 rings (SSSR count). The summed E-state index contributed by atoms with van der Waals surface area (Å²) in [6.07, 6.45) is -1.21. The van der Waals surface area contributed by atoms with Gasteiger partial charge in [-0.15, -0.1) is 23.2 Å².